The normalized spacial score (nSPS) is 39.4. The van der Waals surface area contributed by atoms with E-state index in [0.29, 0.717) is 0 Å². The molecule has 7 nitrogen and oxygen atoms in total. The molecule has 1 rings (SSSR count). The van der Waals surface area contributed by atoms with E-state index in [2.05, 4.69) is 0 Å². The summed E-state index contributed by atoms with van der Waals surface area (Å²) in [6.45, 7) is 4.21. The number of ketones is 1. The second kappa shape index (κ2) is 4.84. The second-order valence-corrected chi connectivity index (χ2v) is 5.71. The lowest BCUT2D eigenvalue weighted by Crippen LogP contribution is -2.69. The van der Waals surface area contributed by atoms with Crippen molar-refractivity contribution >= 4 is 5.78 Å². The molecule has 1 fully saturated rings. The largest absolute Gasteiger partial charge is 0.387 e. The summed E-state index contributed by atoms with van der Waals surface area (Å²) in [5, 5.41) is 39.0. The number of Topliss-reactive ketones (excluding diaryl/α,β-unsaturated/α-hetero) is 1. The van der Waals surface area contributed by atoms with Crippen LogP contribution in [0.3, 0.4) is 0 Å². The van der Waals surface area contributed by atoms with E-state index >= 15 is 0 Å². The van der Waals surface area contributed by atoms with Crippen LogP contribution < -0.4 is 5.73 Å². The first-order valence-corrected chi connectivity index (χ1v) is 5.70. The summed E-state index contributed by atoms with van der Waals surface area (Å²) < 4.78 is 5.00. The molecule has 0 aromatic rings. The number of carbonyl (C=O) groups excluding carboxylic acids is 1. The highest BCUT2D eigenvalue weighted by Gasteiger charge is 2.56. The number of hydrogen-bond donors (Lipinski definition) is 5. The summed E-state index contributed by atoms with van der Waals surface area (Å²) in [7, 11) is 0. The van der Waals surface area contributed by atoms with Gasteiger partial charge in [-0.05, 0) is 0 Å². The molecule has 6 N–H and O–H groups in total. The first-order valence-electron chi connectivity index (χ1n) is 5.70. The Bertz CT molecular complexity index is 326. The number of nitrogens with two attached hydrogens (primary N) is 1. The fourth-order valence-electron chi connectivity index (χ4n) is 2.02. The van der Waals surface area contributed by atoms with Crippen molar-refractivity contribution in [2.75, 3.05) is 6.61 Å². The first kappa shape index (κ1) is 15.5. The lowest BCUT2D eigenvalue weighted by molar-refractivity contribution is -0.247. The summed E-state index contributed by atoms with van der Waals surface area (Å²) in [5.74, 6) is -0.647. The smallest absolute Gasteiger partial charge is 0.175 e. The number of rotatable bonds is 2. The maximum atomic E-state index is 12.1. The topological polar surface area (TPSA) is 133 Å². The Morgan fingerprint density at radius 2 is 1.94 bits per heavy atom. The number of carbonyl (C=O) groups is 1. The standard InChI is InChI=1S/C11H21NO6/c1-10(2,3)9(16)11(17)4-18-6(8(12)15)5(13)7(11)14/h5-8,13-15,17H,4,12H2,1-3H3/t5-,6-,7-,8?,11-/m0/s1. The second-order valence-electron chi connectivity index (χ2n) is 5.71. The zero-order chi connectivity index (χ0) is 14.3. The van der Waals surface area contributed by atoms with Crippen molar-refractivity contribution in [2.45, 2.75) is 50.9 Å². The molecule has 1 aliphatic rings. The fourth-order valence-corrected chi connectivity index (χ4v) is 2.02. The highest BCUT2D eigenvalue weighted by atomic mass is 16.5. The monoisotopic (exact) mass is 263 g/mol. The Balaban J connectivity index is 2.98. The van der Waals surface area contributed by atoms with Gasteiger partial charge in [-0.2, -0.15) is 0 Å². The molecule has 106 valence electrons. The quantitative estimate of drug-likeness (QED) is 0.355. The van der Waals surface area contributed by atoms with Crippen LogP contribution in [0.1, 0.15) is 20.8 Å². The molecule has 0 aliphatic carbocycles. The van der Waals surface area contributed by atoms with Gasteiger partial charge in [-0.25, -0.2) is 0 Å². The predicted octanol–water partition coefficient (Wildman–Crippen LogP) is -2.27. The van der Waals surface area contributed by atoms with Gasteiger partial charge in [-0.1, -0.05) is 20.8 Å². The van der Waals surface area contributed by atoms with Crippen molar-refractivity contribution in [1.82, 2.24) is 0 Å². The lowest BCUT2D eigenvalue weighted by Gasteiger charge is -2.45. The third kappa shape index (κ3) is 2.56. The van der Waals surface area contributed by atoms with Gasteiger partial charge in [-0.3, -0.25) is 4.79 Å². The summed E-state index contributed by atoms with van der Waals surface area (Å²) in [6, 6.07) is 0. The Labute approximate surface area is 105 Å². The molecular weight excluding hydrogens is 242 g/mol. The summed E-state index contributed by atoms with van der Waals surface area (Å²) >= 11 is 0. The van der Waals surface area contributed by atoms with Crippen LogP contribution in [0, 0.1) is 5.41 Å². The van der Waals surface area contributed by atoms with Crippen molar-refractivity contribution in [2.24, 2.45) is 11.1 Å². The average Bonchev–Trinajstić information content (AvgIpc) is 2.23. The van der Waals surface area contributed by atoms with Crippen molar-refractivity contribution in [3.63, 3.8) is 0 Å². The maximum Gasteiger partial charge on any atom is 0.175 e. The molecule has 1 unspecified atom stereocenters. The summed E-state index contributed by atoms with van der Waals surface area (Å²) in [6.07, 6.45) is -6.16. The average molecular weight is 263 g/mol. The van der Waals surface area contributed by atoms with Gasteiger partial charge in [0, 0.05) is 5.41 Å². The Morgan fingerprint density at radius 3 is 2.33 bits per heavy atom. The lowest BCUT2D eigenvalue weighted by atomic mass is 9.74. The Kier molecular flexibility index (Phi) is 4.16. The van der Waals surface area contributed by atoms with Gasteiger partial charge >= 0.3 is 0 Å². The highest BCUT2D eigenvalue weighted by molar-refractivity contribution is 5.92. The van der Waals surface area contributed by atoms with Crippen LogP contribution in [-0.2, 0) is 9.53 Å². The van der Waals surface area contributed by atoms with Gasteiger partial charge in [0.25, 0.3) is 0 Å². The highest BCUT2D eigenvalue weighted by Crippen LogP contribution is 2.32. The molecule has 0 bridgehead atoms. The molecule has 18 heavy (non-hydrogen) atoms. The van der Waals surface area contributed by atoms with E-state index in [1.807, 2.05) is 0 Å². The van der Waals surface area contributed by atoms with Gasteiger partial charge < -0.3 is 30.9 Å². The molecule has 0 aromatic heterocycles. The molecule has 1 aliphatic heterocycles. The van der Waals surface area contributed by atoms with Crippen LogP contribution in [0.15, 0.2) is 0 Å². The molecule has 1 saturated heterocycles. The van der Waals surface area contributed by atoms with Crippen molar-refractivity contribution in [3.05, 3.63) is 0 Å². The molecular formula is C11H21NO6. The van der Waals surface area contributed by atoms with E-state index in [4.69, 9.17) is 15.6 Å². The zero-order valence-corrected chi connectivity index (χ0v) is 10.7. The molecule has 1 heterocycles. The molecule has 5 atom stereocenters. The number of ether oxygens (including phenoxy) is 1. The molecule has 0 amide bonds. The first-order chi connectivity index (χ1) is 8.01. The minimum absolute atomic E-state index is 0.528. The van der Waals surface area contributed by atoms with Crippen LogP contribution in [0.5, 0.6) is 0 Å². The number of aliphatic hydroxyl groups is 4. The Morgan fingerprint density at radius 1 is 1.44 bits per heavy atom. The number of aliphatic hydroxyl groups excluding tert-OH is 3. The van der Waals surface area contributed by atoms with Crippen LogP contribution in [0.25, 0.3) is 0 Å². The van der Waals surface area contributed by atoms with Gasteiger partial charge in [0.1, 0.15) is 24.5 Å². The maximum absolute atomic E-state index is 12.1. The van der Waals surface area contributed by atoms with E-state index in [9.17, 15) is 20.1 Å². The Hall–Kier alpha value is -0.570. The molecule has 0 radical (unpaired) electrons. The van der Waals surface area contributed by atoms with Crippen LogP contribution in [-0.4, -0.2) is 63.0 Å². The fraction of sp³-hybridized carbons (Fsp3) is 0.909. The molecule has 7 heteroatoms. The van der Waals surface area contributed by atoms with E-state index in [0.717, 1.165) is 0 Å². The third-order valence-corrected chi connectivity index (χ3v) is 3.06. The zero-order valence-electron chi connectivity index (χ0n) is 10.7. The van der Waals surface area contributed by atoms with Gasteiger partial charge in [0.05, 0.1) is 6.61 Å². The molecule has 0 spiro atoms. The van der Waals surface area contributed by atoms with Crippen LogP contribution in [0.2, 0.25) is 0 Å². The minimum Gasteiger partial charge on any atom is -0.387 e. The summed E-state index contributed by atoms with van der Waals surface area (Å²) in [5.41, 5.74) is 2.05. The number of hydrogen-bond acceptors (Lipinski definition) is 7. The van der Waals surface area contributed by atoms with Gasteiger partial charge in [0.15, 0.2) is 11.4 Å². The predicted molar refractivity (Wildman–Crippen MR) is 61.4 cm³/mol. The van der Waals surface area contributed by atoms with E-state index in [1.165, 1.54) is 0 Å². The summed E-state index contributed by atoms with van der Waals surface area (Å²) in [4.78, 5) is 12.1. The SMILES string of the molecule is CC(C)(C)C(=O)[C@]1(O)CO[C@H](C(N)O)[C@H](O)[C@@H]1O. The van der Waals surface area contributed by atoms with Gasteiger partial charge in [0.2, 0.25) is 0 Å². The van der Waals surface area contributed by atoms with E-state index < -0.39 is 47.9 Å². The van der Waals surface area contributed by atoms with Crippen molar-refractivity contribution in [1.29, 1.82) is 0 Å². The van der Waals surface area contributed by atoms with Crippen molar-refractivity contribution < 1.29 is 30.0 Å². The van der Waals surface area contributed by atoms with Gasteiger partial charge in [-0.15, -0.1) is 0 Å². The molecule has 0 aromatic carbocycles. The van der Waals surface area contributed by atoms with E-state index in [1.54, 1.807) is 20.8 Å². The molecule has 0 saturated carbocycles. The van der Waals surface area contributed by atoms with Crippen LogP contribution >= 0.6 is 0 Å². The van der Waals surface area contributed by atoms with Crippen molar-refractivity contribution in [3.8, 4) is 0 Å². The minimum atomic E-state index is -2.21. The van der Waals surface area contributed by atoms with E-state index in [-0.39, 0.29) is 0 Å². The van der Waals surface area contributed by atoms with Crippen LogP contribution in [0.4, 0.5) is 0 Å². The third-order valence-electron chi connectivity index (χ3n) is 3.06.